The van der Waals surface area contributed by atoms with Gasteiger partial charge in [0.15, 0.2) is 6.23 Å². The number of carbonyl (C=O) groups is 2. The zero-order valence-electron chi connectivity index (χ0n) is 11.4. The second-order valence-electron chi connectivity index (χ2n) is 4.33. The van der Waals surface area contributed by atoms with Gasteiger partial charge >= 0.3 is 0 Å². The van der Waals surface area contributed by atoms with E-state index in [9.17, 15) is 14.7 Å². The molecule has 2 rings (SSSR count). The molecule has 0 saturated heterocycles. The van der Waals surface area contributed by atoms with Crippen molar-refractivity contribution in [3.05, 3.63) is 65.7 Å². The van der Waals surface area contributed by atoms with Crippen molar-refractivity contribution < 1.29 is 19.4 Å². The molecular formula is C16H15NO4. The molecular weight excluding hydrogens is 270 g/mol. The van der Waals surface area contributed by atoms with Gasteiger partial charge in [-0.1, -0.05) is 30.3 Å². The molecule has 0 spiro atoms. The molecule has 108 valence electrons. The molecule has 0 heterocycles. The van der Waals surface area contributed by atoms with Gasteiger partial charge in [0.2, 0.25) is 5.78 Å². The molecule has 0 saturated carbocycles. The van der Waals surface area contributed by atoms with E-state index in [4.69, 9.17) is 4.74 Å². The number of rotatable bonds is 5. The Morgan fingerprint density at radius 2 is 1.62 bits per heavy atom. The third-order valence-electron chi connectivity index (χ3n) is 2.93. The molecule has 0 fully saturated rings. The molecule has 5 nitrogen and oxygen atoms in total. The number of ether oxygens (including phenoxy) is 1. The molecule has 2 aromatic rings. The summed E-state index contributed by atoms with van der Waals surface area (Å²) in [6, 6.07) is 14.6. The number of carbonyl (C=O) groups excluding carboxylic acids is 2. The highest BCUT2D eigenvalue weighted by Gasteiger charge is 2.19. The summed E-state index contributed by atoms with van der Waals surface area (Å²) in [6.45, 7) is 0. The molecule has 5 heteroatoms. The standard InChI is InChI=1S/C16H15NO4/c1-21-13-9-7-12(8-10-13)15(19)17-16(20)14(18)11-5-3-2-4-6-11/h2-10,16,20H,1H3,(H,17,19)/t16-/m0/s1. The third-order valence-corrected chi connectivity index (χ3v) is 2.93. The van der Waals surface area contributed by atoms with E-state index in [-0.39, 0.29) is 0 Å². The first-order valence-electron chi connectivity index (χ1n) is 6.34. The Bertz CT molecular complexity index is 622. The van der Waals surface area contributed by atoms with Crippen LogP contribution in [0.3, 0.4) is 0 Å². The lowest BCUT2D eigenvalue weighted by molar-refractivity contribution is 0.0607. The number of Topliss-reactive ketones (excluding diaryl/α,β-unsaturated/α-hetero) is 1. The van der Waals surface area contributed by atoms with Gasteiger partial charge in [0.25, 0.3) is 5.91 Å². The van der Waals surface area contributed by atoms with Crippen LogP contribution in [0.25, 0.3) is 0 Å². The predicted molar refractivity (Wildman–Crippen MR) is 77.2 cm³/mol. The zero-order chi connectivity index (χ0) is 15.2. The zero-order valence-corrected chi connectivity index (χ0v) is 11.4. The number of amides is 1. The van der Waals surface area contributed by atoms with Crippen molar-refractivity contribution in [2.45, 2.75) is 6.23 Å². The smallest absolute Gasteiger partial charge is 0.253 e. The minimum Gasteiger partial charge on any atom is -0.497 e. The van der Waals surface area contributed by atoms with Crippen LogP contribution in [0.15, 0.2) is 54.6 Å². The summed E-state index contributed by atoms with van der Waals surface area (Å²) in [4.78, 5) is 23.9. The van der Waals surface area contributed by atoms with Crippen LogP contribution in [0.5, 0.6) is 5.75 Å². The maximum Gasteiger partial charge on any atom is 0.253 e. The van der Waals surface area contributed by atoms with E-state index in [0.29, 0.717) is 16.9 Å². The fourth-order valence-corrected chi connectivity index (χ4v) is 1.78. The van der Waals surface area contributed by atoms with Crippen molar-refractivity contribution in [2.75, 3.05) is 7.11 Å². The lowest BCUT2D eigenvalue weighted by Gasteiger charge is -2.12. The minimum atomic E-state index is -1.58. The molecule has 1 amide bonds. The SMILES string of the molecule is COc1ccc(C(=O)N[C@@H](O)C(=O)c2ccccc2)cc1. The lowest BCUT2D eigenvalue weighted by atomic mass is 10.1. The quantitative estimate of drug-likeness (QED) is 0.646. The van der Waals surface area contributed by atoms with Crippen molar-refractivity contribution in [3.63, 3.8) is 0 Å². The number of hydrogen-bond donors (Lipinski definition) is 2. The van der Waals surface area contributed by atoms with Gasteiger partial charge in [-0.05, 0) is 24.3 Å². The summed E-state index contributed by atoms with van der Waals surface area (Å²) in [6.07, 6.45) is -1.58. The van der Waals surface area contributed by atoms with Crippen LogP contribution in [0, 0.1) is 0 Å². The number of aliphatic hydroxyl groups excluding tert-OH is 1. The van der Waals surface area contributed by atoms with Gasteiger partial charge in [0, 0.05) is 11.1 Å². The van der Waals surface area contributed by atoms with Crippen molar-refractivity contribution in [1.29, 1.82) is 0 Å². The molecule has 2 aromatic carbocycles. The monoisotopic (exact) mass is 285 g/mol. The highest BCUT2D eigenvalue weighted by molar-refractivity contribution is 6.03. The van der Waals surface area contributed by atoms with E-state index in [0.717, 1.165) is 0 Å². The fraction of sp³-hybridized carbons (Fsp3) is 0.125. The normalized spacial score (nSPS) is 11.5. The summed E-state index contributed by atoms with van der Waals surface area (Å²) >= 11 is 0. The number of aliphatic hydroxyl groups is 1. The largest absolute Gasteiger partial charge is 0.497 e. The van der Waals surface area contributed by atoms with Gasteiger partial charge in [-0.3, -0.25) is 9.59 Å². The second-order valence-corrected chi connectivity index (χ2v) is 4.33. The van der Waals surface area contributed by atoms with Crippen molar-refractivity contribution >= 4 is 11.7 Å². The van der Waals surface area contributed by atoms with Gasteiger partial charge in [-0.15, -0.1) is 0 Å². The van der Waals surface area contributed by atoms with E-state index in [1.165, 1.54) is 7.11 Å². The maximum absolute atomic E-state index is 11.9. The summed E-state index contributed by atoms with van der Waals surface area (Å²) < 4.78 is 4.99. The van der Waals surface area contributed by atoms with E-state index in [1.807, 2.05) is 0 Å². The first-order valence-corrected chi connectivity index (χ1v) is 6.34. The van der Waals surface area contributed by atoms with E-state index in [1.54, 1.807) is 54.6 Å². The second kappa shape index (κ2) is 6.67. The first-order chi connectivity index (χ1) is 10.1. The van der Waals surface area contributed by atoms with E-state index < -0.39 is 17.9 Å². The number of methoxy groups -OCH3 is 1. The molecule has 0 radical (unpaired) electrons. The molecule has 0 bridgehead atoms. The average molecular weight is 285 g/mol. The minimum absolute atomic E-state index is 0.329. The lowest BCUT2D eigenvalue weighted by Crippen LogP contribution is -2.40. The van der Waals surface area contributed by atoms with Gasteiger partial charge in [-0.25, -0.2) is 0 Å². The fourth-order valence-electron chi connectivity index (χ4n) is 1.78. The molecule has 0 unspecified atom stereocenters. The Morgan fingerprint density at radius 3 is 2.19 bits per heavy atom. The Hall–Kier alpha value is -2.66. The van der Waals surface area contributed by atoms with Crippen LogP contribution in [-0.4, -0.2) is 30.1 Å². The average Bonchev–Trinajstić information content (AvgIpc) is 2.55. The first kappa shape index (κ1) is 14.7. The number of hydrogen-bond acceptors (Lipinski definition) is 4. The van der Waals surface area contributed by atoms with Gasteiger partial charge in [-0.2, -0.15) is 0 Å². The Kier molecular flexibility index (Phi) is 4.68. The van der Waals surface area contributed by atoms with Gasteiger partial charge in [0.1, 0.15) is 5.75 Å². The van der Waals surface area contributed by atoms with E-state index >= 15 is 0 Å². The maximum atomic E-state index is 11.9. The van der Waals surface area contributed by atoms with Crippen LogP contribution in [0.2, 0.25) is 0 Å². The summed E-state index contributed by atoms with van der Waals surface area (Å²) in [5.41, 5.74) is 0.663. The van der Waals surface area contributed by atoms with Crippen molar-refractivity contribution in [1.82, 2.24) is 5.32 Å². The van der Waals surface area contributed by atoms with Gasteiger partial charge in [0.05, 0.1) is 7.11 Å². The highest BCUT2D eigenvalue weighted by Crippen LogP contribution is 2.11. The Labute approximate surface area is 122 Å². The van der Waals surface area contributed by atoms with Crippen molar-refractivity contribution in [3.8, 4) is 5.75 Å². The van der Waals surface area contributed by atoms with Crippen LogP contribution in [0.4, 0.5) is 0 Å². The number of benzene rings is 2. The van der Waals surface area contributed by atoms with Crippen LogP contribution in [0.1, 0.15) is 20.7 Å². The molecule has 2 N–H and O–H groups in total. The Morgan fingerprint density at radius 1 is 1.00 bits per heavy atom. The predicted octanol–water partition coefficient (Wildman–Crippen LogP) is 1.63. The van der Waals surface area contributed by atoms with E-state index in [2.05, 4.69) is 5.32 Å². The van der Waals surface area contributed by atoms with Crippen molar-refractivity contribution in [2.24, 2.45) is 0 Å². The molecule has 0 aliphatic rings. The Balaban J connectivity index is 2.03. The third kappa shape index (κ3) is 3.67. The van der Waals surface area contributed by atoms with Crippen LogP contribution < -0.4 is 10.1 Å². The molecule has 0 aliphatic carbocycles. The van der Waals surface area contributed by atoms with Crippen LogP contribution in [-0.2, 0) is 0 Å². The summed E-state index contributed by atoms with van der Waals surface area (Å²) in [7, 11) is 1.53. The highest BCUT2D eigenvalue weighted by atomic mass is 16.5. The van der Waals surface area contributed by atoms with Crippen LogP contribution >= 0.6 is 0 Å². The topological polar surface area (TPSA) is 75.6 Å². The molecule has 1 atom stereocenters. The molecule has 21 heavy (non-hydrogen) atoms. The summed E-state index contributed by atoms with van der Waals surface area (Å²) in [5, 5.41) is 12.1. The van der Waals surface area contributed by atoms with Gasteiger partial charge < -0.3 is 15.2 Å². The number of ketones is 1. The molecule has 0 aliphatic heterocycles. The molecule has 0 aromatic heterocycles. The number of nitrogens with one attached hydrogen (secondary N) is 1. The summed E-state index contributed by atoms with van der Waals surface area (Å²) in [5.74, 6) is -0.473.